The van der Waals surface area contributed by atoms with Crippen LogP contribution in [0.4, 0.5) is 0 Å². The molecule has 0 saturated heterocycles. The van der Waals surface area contributed by atoms with E-state index in [1.54, 1.807) is 0 Å². The normalized spacial score (nSPS) is 16.4. The number of nitrogens with zero attached hydrogens (tertiary/aromatic N) is 2. The zero-order valence-electron chi connectivity index (χ0n) is 15.3. The molecule has 0 saturated carbocycles. The molecule has 128 valence electrons. The summed E-state index contributed by atoms with van der Waals surface area (Å²) in [6.45, 7) is 13.2. The van der Waals surface area contributed by atoms with Gasteiger partial charge >= 0.3 is 0 Å². The van der Waals surface area contributed by atoms with E-state index in [9.17, 15) is 4.79 Å². The first-order valence-electron chi connectivity index (χ1n) is 8.66. The fourth-order valence-electron chi connectivity index (χ4n) is 2.82. The van der Waals surface area contributed by atoms with Crippen LogP contribution < -0.4 is 0 Å². The van der Waals surface area contributed by atoms with Gasteiger partial charge in [-0.25, -0.2) is 4.99 Å². The predicted molar refractivity (Wildman–Crippen MR) is 101 cm³/mol. The van der Waals surface area contributed by atoms with Gasteiger partial charge < -0.3 is 4.90 Å². The lowest BCUT2D eigenvalue weighted by molar-refractivity contribution is -0.115. The van der Waals surface area contributed by atoms with E-state index in [0.29, 0.717) is 12.3 Å². The van der Waals surface area contributed by atoms with E-state index in [0.717, 1.165) is 42.2 Å². The van der Waals surface area contributed by atoms with Crippen LogP contribution in [0.2, 0.25) is 0 Å². The van der Waals surface area contributed by atoms with Crippen LogP contribution >= 0.6 is 0 Å². The third-order valence-corrected chi connectivity index (χ3v) is 4.22. The summed E-state index contributed by atoms with van der Waals surface area (Å²) in [6, 6.07) is 10.4. The van der Waals surface area contributed by atoms with Gasteiger partial charge in [0.1, 0.15) is 5.82 Å². The summed E-state index contributed by atoms with van der Waals surface area (Å²) in [5, 5.41) is 0. The minimum atomic E-state index is 0.134. The lowest BCUT2D eigenvalue weighted by atomic mass is 10.0. The van der Waals surface area contributed by atoms with E-state index in [2.05, 4.69) is 49.6 Å². The van der Waals surface area contributed by atoms with Crippen molar-refractivity contribution in [2.24, 2.45) is 10.9 Å². The van der Waals surface area contributed by atoms with Gasteiger partial charge in [0.2, 0.25) is 0 Å². The molecule has 0 amide bonds. The van der Waals surface area contributed by atoms with Gasteiger partial charge in [0.15, 0.2) is 5.78 Å². The Labute approximate surface area is 145 Å². The smallest absolute Gasteiger partial charge is 0.168 e. The molecular weight excluding hydrogens is 296 g/mol. The predicted octanol–water partition coefficient (Wildman–Crippen LogP) is 4.76. The maximum atomic E-state index is 12.2. The maximum absolute atomic E-state index is 12.2. The van der Waals surface area contributed by atoms with Crippen LogP contribution in [0.3, 0.4) is 0 Å². The number of hydrogen-bond acceptors (Lipinski definition) is 3. The molecule has 1 aliphatic rings. The number of hydrogen-bond donors (Lipinski definition) is 0. The third-order valence-electron chi connectivity index (χ3n) is 4.22. The molecule has 0 atom stereocenters. The molecule has 1 heterocycles. The fraction of sp³-hybridized carbons (Fsp3) is 0.429. The lowest BCUT2D eigenvalue weighted by Gasteiger charge is -2.33. The molecule has 0 aromatic heterocycles. The number of Topliss-reactive ketones (excluding diaryl/α,β-unsaturated/α-hetero) is 1. The molecule has 0 radical (unpaired) electrons. The molecule has 1 aromatic carbocycles. The van der Waals surface area contributed by atoms with Gasteiger partial charge in [-0.15, -0.1) is 0 Å². The first kappa shape index (κ1) is 18.2. The van der Waals surface area contributed by atoms with Gasteiger partial charge in [0.25, 0.3) is 0 Å². The van der Waals surface area contributed by atoms with E-state index >= 15 is 0 Å². The van der Waals surface area contributed by atoms with Crippen molar-refractivity contribution in [3.8, 4) is 0 Å². The highest BCUT2D eigenvalue weighted by molar-refractivity contribution is 5.98. The van der Waals surface area contributed by atoms with Crippen molar-refractivity contribution in [2.75, 3.05) is 6.54 Å². The van der Waals surface area contributed by atoms with E-state index in [1.165, 1.54) is 5.56 Å². The van der Waals surface area contributed by atoms with Gasteiger partial charge in [-0.3, -0.25) is 4.79 Å². The van der Waals surface area contributed by atoms with E-state index in [-0.39, 0.29) is 5.78 Å². The summed E-state index contributed by atoms with van der Waals surface area (Å²) < 4.78 is 0. The average molecular weight is 324 g/mol. The summed E-state index contributed by atoms with van der Waals surface area (Å²) in [5.74, 6) is 1.41. The van der Waals surface area contributed by atoms with Gasteiger partial charge in [-0.1, -0.05) is 50.8 Å². The largest absolute Gasteiger partial charge is 0.330 e. The van der Waals surface area contributed by atoms with Gasteiger partial charge in [-0.2, -0.15) is 0 Å². The van der Waals surface area contributed by atoms with Crippen LogP contribution in [-0.4, -0.2) is 22.9 Å². The van der Waals surface area contributed by atoms with Gasteiger partial charge in [0.05, 0.1) is 6.42 Å². The average Bonchev–Trinajstić information content (AvgIpc) is 2.54. The highest BCUT2D eigenvalue weighted by atomic mass is 16.1. The minimum Gasteiger partial charge on any atom is -0.330 e. The molecule has 0 aliphatic carbocycles. The third kappa shape index (κ3) is 4.67. The van der Waals surface area contributed by atoms with E-state index in [1.807, 2.05) is 19.9 Å². The number of allylic oxidation sites excluding steroid dienone is 2. The quantitative estimate of drug-likeness (QED) is 0.707. The number of carbonyl (C=O) groups excluding carboxylic acids is 1. The molecular formula is C21H28N2O. The van der Waals surface area contributed by atoms with E-state index < -0.39 is 0 Å². The second kappa shape index (κ2) is 8.09. The Hall–Kier alpha value is -2.16. The number of carbonyl (C=O) groups is 1. The zero-order chi connectivity index (χ0) is 17.7. The first-order chi connectivity index (χ1) is 11.4. The summed E-state index contributed by atoms with van der Waals surface area (Å²) in [4.78, 5) is 19.1. The van der Waals surface area contributed by atoms with Crippen molar-refractivity contribution in [2.45, 2.75) is 47.0 Å². The van der Waals surface area contributed by atoms with Crippen LogP contribution in [0, 0.1) is 5.92 Å². The van der Waals surface area contributed by atoms with Gasteiger partial charge in [-0.05, 0) is 38.2 Å². The zero-order valence-corrected chi connectivity index (χ0v) is 15.3. The maximum Gasteiger partial charge on any atom is 0.168 e. The summed E-state index contributed by atoms with van der Waals surface area (Å²) >= 11 is 0. The monoisotopic (exact) mass is 324 g/mol. The molecule has 1 aromatic rings. The minimum absolute atomic E-state index is 0.134. The van der Waals surface area contributed by atoms with Crippen LogP contribution in [0.5, 0.6) is 0 Å². The van der Waals surface area contributed by atoms with Crippen molar-refractivity contribution in [1.82, 2.24) is 4.90 Å². The molecule has 3 nitrogen and oxygen atoms in total. The molecule has 1 aliphatic heterocycles. The summed E-state index contributed by atoms with van der Waals surface area (Å²) in [7, 11) is 0. The van der Waals surface area contributed by atoms with Crippen LogP contribution in [0.15, 0.2) is 59.0 Å². The first-order valence-corrected chi connectivity index (χ1v) is 8.66. The van der Waals surface area contributed by atoms with Crippen LogP contribution in [0.25, 0.3) is 0 Å². The molecule has 0 N–H and O–H groups in total. The Bertz CT molecular complexity index is 668. The highest BCUT2D eigenvalue weighted by Crippen LogP contribution is 2.28. The number of ketones is 1. The number of rotatable bonds is 6. The second-order valence-electron chi connectivity index (χ2n) is 6.95. The molecule has 0 fully saturated rings. The molecule has 0 bridgehead atoms. The molecule has 0 unspecified atom stereocenters. The Morgan fingerprint density at radius 3 is 2.58 bits per heavy atom. The summed E-state index contributed by atoms with van der Waals surface area (Å²) in [5.41, 5.74) is 3.96. The summed E-state index contributed by atoms with van der Waals surface area (Å²) in [6.07, 6.45) is 2.25. The number of benzene rings is 1. The standard InChI is InChI=1S/C21H28N2O/c1-15(2)14-23-17(4)13-20(24)18(5)21(23)22-16(3)11-12-19-9-7-6-8-10-19/h6-10,15H,4,11-14H2,1-3,5H3/b22-16-. The lowest BCUT2D eigenvalue weighted by Crippen LogP contribution is -2.32. The van der Waals surface area contributed by atoms with Crippen molar-refractivity contribution in [1.29, 1.82) is 0 Å². The number of aryl methyl sites for hydroxylation is 1. The van der Waals surface area contributed by atoms with Gasteiger partial charge in [0, 0.05) is 23.5 Å². The van der Waals surface area contributed by atoms with Crippen molar-refractivity contribution < 1.29 is 4.79 Å². The molecule has 3 heteroatoms. The van der Waals surface area contributed by atoms with Crippen molar-refractivity contribution in [3.63, 3.8) is 0 Å². The topological polar surface area (TPSA) is 32.7 Å². The highest BCUT2D eigenvalue weighted by Gasteiger charge is 2.26. The Balaban J connectivity index is 2.19. The molecule has 24 heavy (non-hydrogen) atoms. The van der Waals surface area contributed by atoms with E-state index in [4.69, 9.17) is 4.99 Å². The number of aliphatic imine (C=N–C) groups is 1. The Morgan fingerprint density at radius 1 is 1.29 bits per heavy atom. The van der Waals surface area contributed by atoms with Crippen molar-refractivity contribution >= 4 is 11.5 Å². The Kier molecular flexibility index (Phi) is 6.13. The van der Waals surface area contributed by atoms with Crippen molar-refractivity contribution in [3.05, 3.63) is 59.6 Å². The molecule has 2 rings (SSSR count). The second-order valence-corrected chi connectivity index (χ2v) is 6.95. The van der Waals surface area contributed by atoms with Crippen LogP contribution in [0.1, 0.15) is 46.1 Å². The Morgan fingerprint density at radius 2 is 1.96 bits per heavy atom. The van der Waals surface area contributed by atoms with Crippen LogP contribution in [-0.2, 0) is 11.2 Å². The fourth-order valence-corrected chi connectivity index (χ4v) is 2.82. The SMILES string of the molecule is C=C1CC(=O)C(C)=C(/N=C(/C)CCc2ccccc2)N1CC(C)C. The molecule has 0 spiro atoms.